The summed E-state index contributed by atoms with van der Waals surface area (Å²) >= 11 is 0. The van der Waals surface area contributed by atoms with Gasteiger partial charge >= 0.3 is 5.97 Å². The highest BCUT2D eigenvalue weighted by Crippen LogP contribution is 2.14. The van der Waals surface area contributed by atoms with Crippen LogP contribution >= 0.6 is 0 Å². The first-order chi connectivity index (χ1) is 10.0. The minimum Gasteiger partial charge on any atom is -0.508 e. The molecule has 0 radical (unpaired) electrons. The molecule has 0 aliphatic heterocycles. The third-order valence-electron chi connectivity index (χ3n) is 2.90. The third kappa shape index (κ3) is 4.53. The molecule has 2 rings (SSSR count). The first-order valence-corrected chi connectivity index (χ1v) is 6.87. The van der Waals surface area contributed by atoms with Gasteiger partial charge in [-0.3, -0.25) is 0 Å². The van der Waals surface area contributed by atoms with Gasteiger partial charge in [0.25, 0.3) is 0 Å². The molecule has 0 atom stereocenters. The Morgan fingerprint density at radius 2 is 1.71 bits per heavy atom. The van der Waals surface area contributed by atoms with E-state index < -0.39 is 0 Å². The zero-order valence-corrected chi connectivity index (χ0v) is 12.2. The largest absolute Gasteiger partial charge is 0.508 e. The van der Waals surface area contributed by atoms with Gasteiger partial charge in [0.05, 0.1) is 11.7 Å². The lowest BCUT2D eigenvalue weighted by atomic mass is 10.2. The molecule has 0 aromatic heterocycles. The topological polar surface area (TPSA) is 58.6 Å². The van der Waals surface area contributed by atoms with Crippen LogP contribution in [-0.4, -0.2) is 17.2 Å². The van der Waals surface area contributed by atoms with Gasteiger partial charge in [-0.25, -0.2) is 4.79 Å². The number of phenols is 1. The fourth-order valence-electron chi connectivity index (χ4n) is 1.82. The van der Waals surface area contributed by atoms with Crippen molar-refractivity contribution in [2.45, 2.75) is 26.5 Å². The summed E-state index contributed by atoms with van der Waals surface area (Å²) in [7, 11) is 0. The zero-order chi connectivity index (χ0) is 15.2. The predicted octanol–water partition coefficient (Wildman–Crippen LogP) is 3.57. The van der Waals surface area contributed by atoms with E-state index in [1.165, 1.54) is 0 Å². The van der Waals surface area contributed by atoms with Crippen LogP contribution in [-0.2, 0) is 11.3 Å². The maximum absolute atomic E-state index is 11.7. The fourth-order valence-corrected chi connectivity index (χ4v) is 1.82. The van der Waals surface area contributed by atoms with E-state index in [-0.39, 0.29) is 17.8 Å². The maximum atomic E-state index is 11.7. The molecule has 0 saturated heterocycles. The number of carbonyl (C=O) groups excluding carboxylic acids is 1. The predicted molar refractivity (Wildman–Crippen MR) is 82.4 cm³/mol. The molecular formula is C17H19NO3. The first kappa shape index (κ1) is 14.9. The highest BCUT2D eigenvalue weighted by Gasteiger charge is 2.08. The van der Waals surface area contributed by atoms with Gasteiger partial charge in [0.1, 0.15) is 5.75 Å². The van der Waals surface area contributed by atoms with Crippen LogP contribution in [0.2, 0.25) is 0 Å². The number of esters is 1. The molecule has 2 N–H and O–H groups in total. The van der Waals surface area contributed by atoms with Gasteiger partial charge in [-0.2, -0.15) is 0 Å². The Bertz CT molecular complexity index is 588. The van der Waals surface area contributed by atoms with E-state index in [0.717, 1.165) is 11.3 Å². The molecule has 0 fully saturated rings. The number of anilines is 1. The second kappa shape index (κ2) is 6.79. The van der Waals surface area contributed by atoms with E-state index in [9.17, 15) is 9.90 Å². The molecule has 0 unspecified atom stereocenters. The molecule has 110 valence electrons. The van der Waals surface area contributed by atoms with Crippen molar-refractivity contribution in [2.24, 2.45) is 0 Å². The Hall–Kier alpha value is -2.49. The van der Waals surface area contributed by atoms with Gasteiger partial charge in [0.15, 0.2) is 0 Å². The van der Waals surface area contributed by atoms with Crippen LogP contribution in [0.5, 0.6) is 5.75 Å². The van der Waals surface area contributed by atoms with Gasteiger partial charge in [-0.15, -0.1) is 0 Å². The molecule has 21 heavy (non-hydrogen) atoms. The fraction of sp³-hybridized carbons (Fsp3) is 0.235. The van der Waals surface area contributed by atoms with Crippen molar-refractivity contribution in [2.75, 3.05) is 5.32 Å². The average Bonchev–Trinajstić information content (AvgIpc) is 2.46. The van der Waals surface area contributed by atoms with Crippen molar-refractivity contribution < 1.29 is 14.6 Å². The molecule has 0 aliphatic carbocycles. The quantitative estimate of drug-likeness (QED) is 0.825. The number of phenolic OH excluding ortho intramolecular Hbond substituents is 1. The summed E-state index contributed by atoms with van der Waals surface area (Å²) in [5.74, 6) is -0.0538. The highest BCUT2D eigenvalue weighted by molar-refractivity contribution is 5.89. The lowest BCUT2D eigenvalue weighted by Crippen LogP contribution is -2.11. The molecule has 0 saturated carbocycles. The smallest absolute Gasteiger partial charge is 0.338 e. The van der Waals surface area contributed by atoms with Crippen molar-refractivity contribution in [3.8, 4) is 5.75 Å². The summed E-state index contributed by atoms with van der Waals surface area (Å²) < 4.78 is 5.13. The Balaban J connectivity index is 1.93. The molecule has 2 aromatic carbocycles. The van der Waals surface area contributed by atoms with Gasteiger partial charge in [-0.1, -0.05) is 12.1 Å². The first-order valence-electron chi connectivity index (χ1n) is 6.87. The normalized spacial score (nSPS) is 10.4. The summed E-state index contributed by atoms with van der Waals surface area (Å²) in [5, 5.41) is 12.5. The molecule has 4 heteroatoms. The van der Waals surface area contributed by atoms with E-state index in [2.05, 4.69) is 5.32 Å². The summed E-state index contributed by atoms with van der Waals surface area (Å²) in [6, 6.07) is 14.2. The lowest BCUT2D eigenvalue weighted by Gasteiger charge is -2.09. The van der Waals surface area contributed by atoms with Crippen LogP contribution in [0.1, 0.15) is 29.8 Å². The molecule has 0 heterocycles. The van der Waals surface area contributed by atoms with Gasteiger partial charge in [0.2, 0.25) is 0 Å². The second-order valence-electron chi connectivity index (χ2n) is 5.05. The number of rotatable bonds is 5. The number of ether oxygens (including phenoxy) is 1. The summed E-state index contributed by atoms with van der Waals surface area (Å²) in [6.07, 6.45) is -0.121. The van der Waals surface area contributed by atoms with E-state index in [4.69, 9.17) is 4.74 Å². The minimum atomic E-state index is -0.310. The molecule has 4 nitrogen and oxygen atoms in total. The summed E-state index contributed by atoms with van der Waals surface area (Å²) in [4.78, 5) is 11.7. The molecule has 0 spiro atoms. The lowest BCUT2D eigenvalue weighted by molar-refractivity contribution is 0.0378. The molecule has 0 amide bonds. The minimum absolute atomic E-state index is 0.121. The maximum Gasteiger partial charge on any atom is 0.338 e. The van der Waals surface area contributed by atoms with Crippen LogP contribution in [0.15, 0.2) is 48.5 Å². The van der Waals surface area contributed by atoms with Crippen LogP contribution in [0.4, 0.5) is 5.69 Å². The number of benzene rings is 2. The van der Waals surface area contributed by atoms with Crippen molar-refractivity contribution in [1.29, 1.82) is 0 Å². The number of carbonyl (C=O) groups is 1. The van der Waals surface area contributed by atoms with Crippen molar-refractivity contribution in [3.63, 3.8) is 0 Å². The van der Waals surface area contributed by atoms with E-state index in [0.29, 0.717) is 12.1 Å². The Labute approximate surface area is 124 Å². The summed E-state index contributed by atoms with van der Waals surface area (Å²) in [5.41, 5.74) is 2.53. The molecular weight excluding hydrogens is 266 g/mol. The van der Waals surface area contributed by atoms with E-state index in [1.54, 1.807) is 24.3 Å². The van der Waals surface area contributed by atoms with Crippen molar-refractivity contribution in [3.05, 3.63) is 59.7 Å². The van der Waals surface area contributed by atoms with E-state index in [1.807, 2.05) is 38.1 Å². The molecule has 2 aromatic rings. The summed E-state index contributed by atoms with van der Waals surface area (Å²) in [6.45, 7) is 4.30. The van der Waals surface area contributed by atoms with E-state index >= 15 is 0 Å². The van der Waals surface area contributed by atoms with Crippen LogP contribution in [0, 0.1) is 0 Å². The number of hydrogen-bond donors (Lipinski definition) is 2. The standard InChI is InChI=1S/C17H19NO3/c1-12(2)21-17(20)14-5-7-15(8-6-14)18-11-13-3-9-16(19)10-4-13/h3-10,12,18-19H,11H2,1-2H3. The van der Waals surface area contributed by atoms with Crippen molar-refractivity contribution in [1.82, 2.24) is 0 Å². The SMILES string of the molecule is CC(C)OC(=O)c1ccc(NCc2ccc(O)cc2)cc1. The van der Waals surface area contributed by atoms with Gasteiger partial charge in [-0.05, 0) is 55.8 Å². The molecule has 0 aliphatic rings. The number of nitrogens with one attached hydrogen (secondary N) is 1. The zero-order valence-electron chi connectivity index (χ0n) is 12.2. The molecule has 0 bridgehead atoms. The number of aromatic hydroxyl groups is 1. The van der Waals surface area contributed by atoms with Gasteiger partial charge < -0.3 is 15.2 Å². The third-order valence-corrected chi connectivity index (χ3v) is 2.90. The average molecular weight is 285 g/mol. The van der Waals surface area contributed by atoms with Crippen LogP contribution in [0.3, 0.4) is 0 Å². The highest BCUT2D eigenvalue weighted by atomic mass is 16.5. The second-order valence-corrected chi connectivity index (χ2v) is 5.05. The monoisotopic (exact) mass is 285 g/mol. The Kier molecular flexibility index (Phi) is 4.82. The van der Waals surface area contributed by atoms with Gasteiger partial charge in [0, 0.05) is 12.2 Å². The van der Waals surface area contributed by atoms with Crippen LogP contribution < -0.4 is 5.32 Å². The van der Waals surface area contributed by atoms with Crippen molar-refractivity contribution >= 4 is 11.7 Å². The Morgan fingerprint density at radius 3 is 2.29 bits per heavy atom. The Morgan fingerprint density at radius 1 is 1.10 bits per heavy atom. The van der Waals surface area contributed by atoms with Crippen LogP contribution in [0.25, 0.3) is 0 Å². The number of hydrogen-bond acceptors (Lipinski definition) is 4.